The SMILES string of the molecule is CN(CCn1cnc2ccccc21)C(=O)C1CC(=O)N(C)c2ccccc21. The number of nitrogens with zero attached hydrogens (tertiary/aromatic N) is 4. The van der Waals surface area contributed by atoms with E-state index in [2.05, 4.69) is 4.98 Å². The maximum absolute atomic E-state index is 13.1. The van der Waals surface area contributed by atoms with E-state index in [1.165, 1.54) is 0 Å². The number of imidazole rings is 1. The molecular formula is C21H22N4O2. The van der Waals surface area contributed by atoms with Gasteiger partial charge in [0.05, 0.1) is 23.3 Å². The highest BCUT2D eigenvalue weighted by atomic mass is 16.2. The minimum absolute atomic E-state index is 0.0201. The molecular weight excluding hydrogens is 340 g/mol. The largest absolute Gasteiger partial charge is 0.343 e. The molecule has 0 N–H and O–H groups in total. The molecule has 6 nitrogen and oxygen atoms in total. The van der Waals surface area contributed by atoms with E-state index in [1.807, 2.05) is 53.1 Å². The van der Waals surface area contributed by atoms with Crippen molar-refractivity contribution >= 4 is 28.5 Å². The van der Waals surface area contributed by atoms with Crippen LogP contribution < -0.4 is 4.90 Å². The van der Waals surface area contributed by atoms with Crippen molar-refractivity contribution in [3.05, 3.63) is 60.4 Å². The van der Waals surface area contributed by atoms with Gasteiger partial charge in [0.15, 0.2) is 0 Å². The van der Waals surface area contributed by atoms with Crippen LogP contribution in [-0.4, -0.2) is 46.9 Å². The second kappa shape index (κ2) is 6.87. The number of likely N-dealkylation sites (N-methyl/N-ethyl adjacent to an activating group) is 1. The first kappa shape index (κ1) is 17.3. The molecule has 2 heterocycles. The number of benzene rings is 2. The van der Waals surface area contributed by atoms with E-state index < -0.39 is 5.92 Å². The van der Waals surface area contributed by atoms with Gasteiger partial charge in [-0.3, -0.25) is 9.59 Å². The summed E-state index contributed by atoms with van der Waals surface area (Å²) in [7, 11) is 3.56. The maximum Gasteiger partial charge on any atom is 0.230 e. The van der Waals surface area contributed by atoms with E-state index in [-0.39, 0.29) is 18.2 Å². The topological polar surface area (TPSA) is 58.4 Å². The van der Waals surface area contributed by atoms with E-state index in [0.29, 0.717) is 13.1 Å². The molecule has 0 spiro atoms. The van der Waals surface area contributed by atoms with Crippen LogP contribution in [0.3, 0.4) is 0 Å². The average Bonchev–Trinajstić information content (AvgIpc) is 3.11. The predicted molar refractivity (Wildman–Crippen MR) is 105 cm³/mol. The zero-order valence-electron chi connectivity index (χ0n) is 15.5. The Morgan fingerprint density at radius 3 is 2.78 bits per heavy atom. The van der Waals surface area contributed by atoms with Crippen molar-refractivity contribution < 1.29 is 9.59 Å². The predicted octanol–water partition coefficient (Wildman–Crippen LogP) is 2.65. The van der Waals surface area contributed by atoms with Crippen LogP contribution in [0.25, 0.3) is 11.0 Å². The third-order valence-corrected chi connectivity index (χ3v) is 5.30. The number of carbonyl (C=O) groups is 2. The summed E-state index contributed by atoms with van der Waals surface area (Å²) in [5.41, 5.74) is 3.74. The number of hydrogen-bond acceptors (Lipinski definition) is 3. The number of aromatic nitrogens is 2. The molecule has 0 saturated carbocycles. The molecule has 3 aromatic rings. The Morgan fingerprint density at radius 2 is 1.93 bits per heavy atom. The van der Waals surface area contributed by atoms with Crippen LogP contribution >= 0.6 is 0 Å². The zero-order valence-corrected chi connectivity index (χ0v) is 15.5. The Bertz CT molecular complexity index is 1010. The number of amides is 2. The van der Waals surface area contributed by atoms with Crippen LogP contribution in [0.1, 0.15) is 17.9 Å². The van der Waals surface area contributed by atoms with Gasteiger partial charge >= 0.3 is 0 Å². The Morgan fingerprint density at radius 1 is 1.19 bits per heavy atom. The smallest absolute Gasteiger partial charge is 0.230 e. The summed E-state index contributed by atoms with van der Waals surface area (Å²) in [5, 5.41) is 0. The first-order valence-electron chi connectivity index (χ1n) is 9.06. The Kier molecular flexibility index (Phi) is 4.39. The van der Waals surface area contributed by atoms with Crippen molar-refractivity contribution in [1.29, 1.82) is 0 Å². The second-order valence-corrected chi connectivity index (χ2v) is 6.95. The van der Waals surface area contributed by atoms with Gasteiger partial charge < -0.3 is 14.4 Å². The van der Waals surface area contributed by atoms with E-state index >= 15 is 0 Å². The molecule has 2 aromatic carbocycles. The third-order valence-electron chi connectivity index (χ3n) is 5.30. The molecule has 6 heteroatoms. The molecule has 0 fully saturated rings. The van der Waals surface area contributed by atoms with Crippen LogP contribution in [0, 0.1) is 0 Å². The van der Waals surface area contributed by atoms with Gasteiger partial charge in [0.1, 0.15) is 0 Å². The van der Waals surface area contributed by atoms with Crippen molar-refractivity contribution in [2.24, 2.45) is 0 Å². The van der Waals surface area contributed by atoms with Crippen LogP contribution in [0.4, 0.5) is 5.69 Å². The summed E-state index contributed by atoms with van der Waals surface area (Å²) in [6.07, 6.45) is 2.02. The Balaban J connectivity index is 1.51. The molecule has 1 unspecified atom stereocenters. The molecule has 1 aliphatic heterocycles. The monoisotopic (exact) mass is 362 g/mol. The summed E-state index contributed by atoms with van der Waals surface area (Å²) >= 11 is 0. The van der Waals surface area contributed by atoms with Crippen molar-refractivity contribution in [2.75, 3.05) is 25.5 Å². The summed E-state index contributed by atoms with van der Waals surface area (Å²) in [5.74, 6) is -0.469. The summed E-state index contributed by atoms with van der Waals surface area (Å²) in [6.45, 7) is 1.22. The molecule has 138 valence electrons. The molecule has 4 rings (SSSR count). The second-order valence-electron chi connectivity index (χ2n) is 6.95. The number of para-hydroxylation sites is 3. The van der Waals surface area contributed by atoms with Gasteiger partial charge in [-0.25, -0.2) is 4.98 Å². The van der Waals surface area contributed by atoms with Gasteiger partial charge in [-0.15, -0.1) is 0 Å². The minimum Gasteiger partial charge on any atom is -0.343 e. The lowest BCUT2D eigenvalue weighted by atomic mass is 9.88. The Hall–Kier alpha value is -3.15. The fraction of sp³-hybridized carbons (Fsp3) is 0.286. The first-order chi connectivity index (χ1) is 13.1. The van der Waals surface area contributed by atoms with Crippen molar-refractivity contribution in [3.8, 4) is 0 Å². The molecule has 27 heavy (non-hydrogen) atoms. The van der Waals surface area contributed by atoms with Crippen molar-refractivity contribution in [1.82, 2.24) is 14.5 Å². The van der Waals surface area contributed by atoms with Crippen molar-refractivity contribution in [2.45, 2.75) is 18.9 Å². The fourth-order valence-corrected chi connectivity index (χ4v) is 3.69. The molecule has 0 radical (unpaired) electrons. The minimum atomic E-state index is -0.422. The lowest BCUT2D eigenvalue weighted by molar-refractivity contribution is -0.134. The van der Waals surface area contributed by atoms with Gasteiger partial charge in [0.2, 0.25) is 11.8 Å². The summed E-state index contributed by atoms with van der Waals surface area (Å²) in [4.78, 5) is 33.1. The highest BCUT2D eigenvalue weighted by Gasteiger charge is 2.34. The number of fused-ring (bicyclic) bond motifs is 2. The first-order valence-corrected chi connectivity index (χ1v) is 9.06. The molecule has 0 saturated heterocycles. The summed E-state index contributed by atoms with van der Waals surface area (Å²) in [6, 6.07) is 15.6. The normalized spacial score (nSPS) is 16.4. The third kappa shape index (κ3) is 3.07. The van der Waals surface area contributed by atoms with Crippen LogP contribution in [0.5, 0.6) is 0 Å². The highest BCUT2D eigenvalue weighted by molar-refractivity contribution is 6.02. The quantitative estimate of drug-likeness (QED) is 0.717. The van der Waals surface area contributed by atoms with Crippen LogP contribution in [0.15, 0.2) is 54.9 Å². The Labute approximate surface area is 158 Å². The van der Waals surface area contributed by atoms with Crippen molar-refractivity contribution in [3.63, 3.8) is 0 Å². The average molecular weight is 362 g/mol. The van der Waals surface area contributed by atoms with Crippen LogP contribution in [-0.2, 0) is 16.1 Å². The van der Waals surface area contributed by atoms with Gasteiger partial charge in [-0.1, -0.05) is 30.3 Å². The van der Waals surface area contributed by atoms with Gasteiger partial charge in [0.25, 0.3) is 0 Å². The standard InChI is InChI=1S/C21H22N4O2/c1-23(11-12-25-14-22-17-8-4-6-10-19(17)25)21(27)16-13-20(26)24(2)18-9-5-3-7-15(16)18/h3-10,14,16H,11-13H2,1-2H3. The van der Waals surface area contributed by atoms with Gasteiger partial charge in [-0.2, -0.15) is 0 Å². The van der Waals surface area contributed by atoms with Gasteiger partial charge in [-0.05, 0) is 23.8 Å². The lowest BCUT2D eigenvalue weighted by Gasteiger charge is -2.33. The maximum atomic E-state index is 13.1. The molecule has 0 aliphatic carbocycles. The molecule has 1 aromatic heterocycles. The van der Waals surface area contributed by atoms with Gasteiger partial charge in [0, 0.05) is 39.3 Å². The number of rotatable bonds is 4. The molecule has 2 amide bonds. The number of carbonyl (C=O) groups excluding carboxylic acids is 2. The highest BCUT2D eigenvalue weighted by Crippen LogP contribution is 2.36. The van der Waals surface area contributed by atoms with E-state index in [4.69, 9.17) is 0 Å². The fourth-order valence-electron chi connectivity index (χ4n) is 3.69. The molecule has 1 aliphatic rings. The van der Waals surface area contributed by atoms with E-state index in [1.54, 1.807) is 30.2 Å². The van der Waals surface area contributed by atoms with E-state index in [9.17, 15) is 9.59 Å². The van der Waals surface area contributed by atoms with E-state index in [0.717, 1.165) is 22.3 Å². The number of anilines is 1. The molecule has 0 bridgehead atoms. The number of hydrogen-bond donors (Lipinski definition) is 0. The molecule has 1 atom stereocenters. The van der Waals surface area contributed by atoms with Crippen LogP contribution in [0.2, 0.25) is 0 Å². The zero-order chi connectivity index (χ0) is 19.0. The lowest BCUT2D eigenvalue weighted by Crippen LogP contribution is -2.40. The summed E-state index contributed by atoms with van der Waals surface area (Å²) < 4.78 is 2.05.